The minimum atomic E-state index is -0.143. The summed E-state index contributed by atoms with van der Waals surface area (Å²) in [5.74, 6) is 2.15. The maximum Gasteiger partial charge on any atom is 0.322 e. The summed E-state index contributed by atoms with van der Waals surface area (Å²) in [4.78, 5) is 15.0. The highest BCUT2D eigenvalue weighted by molar-refractivity contribution is 5.90. The van der Waals surface area contributed by atoms with Crippen LogP contribution in [-0.4, -0.2) is 38.8 Å². The fraction of sp³-hybridized carbons (Fsp3) is 0.269. The van der Waals surface area contributed by atoms with Gasteiger partial charge in [-0.3, -0.25) is 0 Å². The molecule has 0 aliphatic rings. The molecule has 3 rings (SSSR count). The van der Waals surface area contributed by atoms with Crippen LogP contribution in [-0.2, 0) is 13.0 Å². The van der Waals surface area contributed by atoms with E-state index in [0.29, 0.717) is 31.0 Å². The van der Waals surface area contributed by atoms with Gasteiger partial charge in [0.05, 0.1) is 21.3 Å². The number of nitrogens with zero attached hydrogens (tertiary/aromatic N) is 1. The molecule has 6 heteroatoms. The molecular formula is C26H30N2O4. The molecule has 0 saturated heterocycles. The van der Waals surface area contributed by atoms with E-state index in [2.05, 4.69) is 5.32 Å². The second-order valence-corrected chi connectivity index (χ2v) is 7.45. The van der Waals surface area contributed by atoms with Gasteiger partial charge in [-0.05, 0) is 60.4 Å². The van der Waals surface area contributed by atoms with Crippen molar-refractivity contribution in [1.82, 2.24) is 4.90 Å². The minimum absolute atomic E-state index is 0.143. The topological polar surface area (TPSA) is 60.0 Å². The molecule has 0 heterocycles. The summed E-state index contributed by atoms with van der Waals surface area (Å²) >= 11 is 0. The van der Waals surface area contributed by atoms with E-state index < -0.39 is 0 Å². The maximum absolute atomic E-state index is 13.2. The number of carbonyl (C=O) groups is 1. The molecule has 0 aliphatic heterocycles. The van der Waals surface area contributed by atoms with Crippen LogP contribution in [0.1, 0.15) is 16.7 Å². The zero-order valence-electron chi connectivity index (χ0n) is 19.1. The summed E-state index contributed by atoms with van der Waals surface area (Å²) in [5.41, 5.74) is 3.91. The van der Waals surface area contributed by atoms with Gasteiger partial charge in [0, 0.05) is 18.8 Å². The molecule has 0 aromatic heterocycles. The Labute approximate surface area is 189 Å². The number of ether oxygens (including phenoxy) is 3. The van der Waals surface area contributed by atoms with Gasteiger partial charge in [0.15, 0.2) is 11.5 Å². The Morgan fingerprint density at radius 3 is 2.19 bits per heavy atom. The average Bonchev–Trinajstić information content (AvgIpc) is 2.83. The number of urea groups is 1. The van der Waals surface area contributed by atoms with Crippen LogP contribution in [0, 0.1) is 6.92 Å². The van der Waals surface area contributed by atoms with Crippen LogP contribution in [0.25, 0.3) is 0 Å². The van der Waals surface area contributed by atoms with Crippen molar-refractivity contribution in [3.05, 3.63) is 83.4 Å². The Morgan fingerprint density at radius 1 is 0.844 bits per heavy atom. The fourth-order valence-electron chi connectivity index (χ4n) is 3.41. The number of aryl methyl sites for hydroxylation is 1. The van der Waals surface area contributed by atoms with Crippen LogP contribution in [0.3, 0.4) is 0 Å². The van der Waals surface area contributed by atoms with Crippen molar-refractivity contribution in [1.29, 1.82) is 0 Å². The Morgan fingerprint density at radius 2 is 1.53 bits per heavy atom. The first-order valence-electron chi connectivity index (χ1n) is 10.5. The molecule has 0 bridgehead atoms. The van der Waals surface area contributed by atoms with Crippen molar-refractivity contribution in [3.8, 4) is 17.2 Å². The number of methoxy groups -OCH3 is 3. The van der Waals surface area contributed by atoms with Gasteiger partial charge in [-0.15, -0.1) is 0 Å². The summed E-state index contributed by atoms with van der Waals surface area (Å²) in [6, 6.07) is 21.2. The Bertz CT molecular complexity index is 1030. The highest BCUT2D eigenvalue weighted by Crippen LogP contribution is 2.28. The largest absolute Gasteiger partial charge is 0.497 e. The number of anilines is 1. The van der Waals surface area contributed by atoms with Crippen LogP contribution < -0.4 is 19.5 Å². The predicted octanol–water partition coefficient (Wildman–Crippen LogP) is 5.30. The lowest BCUT2D eigenvalue weighted by molar-refractivity contribution is 0.209. The van der Waals surface area contributed by atoms with E-state index in [9.17, 15) is 4.79 Å². The SMILES string of the molecule is COc1ccc(CN(CCc2ccc(OC)c(OC)c2)C(=O)Nc2ccccc2C)cc1. The van der Waals surface area contributed by atoms with Crippen molar-refractivity contribution in [2.45, 2.75) is 19.9 Å². The molecule has 0 unspecified atom stereocenters. The second kappa shape index (κ2) is 11.1. The van der Waals surface area contributed by atoms with Gasteiger partial charge in [-0.1, -0.05) is 36.4 Å². The van der Waals surface area contributed by atoms with Gasteiger partial charge in [0.2, 0.25) is 0 Å². The lowest BCUT2D eigenvalue weighted by atomic mass is 10.1. The first kappa shape index (κ1) is 23.0. The van der Waals surface area contributed by atoms with Gasteiger partial charge < -0.3 is 24.4 Å². The van der Waals surface area contributed by atoms with Gasteiger partial charge in [0.1, 0.15) is 5.75 Å². The molecule has 3 aromatic rings. The Hall–Kier alpha value is -3.67. The molecule has 3 aromatic carbocycles. The molecule has 0 aliphatic carbocycles. The highest BCUT2D eigenvalue weighted by atomic mass is 16.5. The van der Waals surface area contributed by atoms with Crippen LogP contribution in [0.5, 0.6) is 17.2 Å². The van der Waals surface area contributed by atoms with E-state index in [-0.39, 0.29) is 6.03 Å². The molecular weight excluding hydrogens is 404 g/mol. The highest BCUT2D eigenvalue weighted by Gasteiger charge is 2.16. The van der Waals surface area contributed by atoms with E-state index in [0.717, 1.165) is 28.1 Å². The third-order valence-electron chi connectivity index (χ3n) is 5.32. The monoisotopic (exact) mass is 434 g/mol. The summed E-state index contributed by atoms with van der Waals surface area (Å²) in [7, 11) is 4.87. The smallest absolute Gasteiger partial charge is 0.322 e. The molecule has 0 atom stereocenters. The van der Waals surface area contributed by atoms with Crippen LogP contribution >= 0.6 is 0 Å². The quantitative estimate of drug-likeness (QED) is 0.497. The van der Waals surface area contributed by atoms with E-state index in [1.165, 1.54) is 0 Å². The summed E-state index contributed by atoms with van der Waals surface area (Å²) in [6.45, 7) is 3.00. The molecule has 0 saturated carbocycles. The maximum atomic E-state index is 13.2. The van der Waals surface area contributed by atoms with Gasteiger partial charge in [0.25, 0.3) is 0 Å². The lowest BCUT2D eigenvalue weighted by Gasteiger charge is -2.24. The Kier molecular flexibility index (Phi) is 7.97. The summed E-state index contributed by atoms with van der Waals surface area (Å²) in [5, 5.41) is 3.05. The number of hydrogen-bond donors (Lipinski definition) is 1. The van der Waals surface area contributed by atoms with Crippen LogP contribution in [0.2, 0.25) is 0 Å². The van der Waals surface area contributed by atoms with Crippen LogP contribution in [0.15, 0.2) is 66.7 Å². The fourth-order valence-corrected chi connectivity index (χ4v) is 3.41. The van der Waals surface area contributed by atoms with Gasteiger partial charge in [-0.2, -0.15) is 0 Å². The van der Waals surface area contributed by atoms with Crippen molar-refractivity contribution in [3.63, 3.8) is 0 Å². The first-order chi connectivity index (χ1) is 15.5. The molecule has 32 heavy (non-hydrogen) atoms. The van der Waals surface area contributed by atoms with E-state index in [1.807, 2.05) is 78.6 Å². The van der Waals surface area contributed by atoms with Gasteiger partial charge in [-0.25, -0.2) is 4.79 Å². The number of nitrogens with one attached hydrogen (secondary N) is 1. The average molecular weight is 435 g/mol. The summed E-state index contributed by atoms with van der Waals surface area (Å²) < 4.78 is 16.0. The van der Waals surface area contributed by atoms with Crippen LogP contribution in [0.4, 0.5) is 10.5 Å². The first-order valence-corrected chi connectivity index (χ1v) is 10.5. The zero-order valence-corrected chi connectivity index (χ0v) is 19.1. The molecule has 6 nitrogen and oxygen atoms in total. The molecule has 0 radical (unpaired) electrons. The van der Waals surface area contributed by atoms with Crippen molar-refractivity contribution < 1.29 is 19.0 Å². The number of hydrogen-bond acceptors (Lipinski definition) is 4. The number of carbonyl (C=O) groups excluding carboxylic acids is 1. The van der Waals surface area contributed by atoms with E-state index in [1.54, 1.807) is 21.3 Å². The van der Waals surface area contributed by atoms with E-state index >= 15 is 0 Å². The molecule has 0 fully saturated rings. The number of para-hydroxylation sites is 1. The molecule has 0 spiro atoms. The third-order valence-corrected chi connectivity index (χ3v) is 5.32. The van der Waals surface area contributed by atoms with E-state index in [4.69, 9.17) is 14.2 Å². The van der Waals surface area contributed by atoms with Crippen molar-refractivity contribution >= 4 is 11.7 Å². The van der Waals surface area contributed by atoms with Gasteiger partial charge >= 0.3 is 6.03 Å². The molecule has 2 amide bonds. The number of benzene rings is 3. The number of amides is 2. The normalized spacial score (nSPS) is 10.4. The zero-order chi connectivity index (χ0) is 22.9. The predicted molar refractivity (Wildman–Crippen MR) is 127 cm³/mol. The lowest BCUT2D eigenvalue weighted by Crippen LogP contribution is -2.36. The summed E-state index contributed by atoms with van der Waals surface area (Å²) in [6.07, 6.45) is 0.678. The third kappa shape index (κ3) is 5.94. The standard InChI is InChI=1S/C26H30N2O4/c1-19-7-5-6-8-23(19)27-26(29)28(18-21-9-12-22(30-2)13-10-21)16-15-20-11-14-24(31-3)25(17-20)32-4/h5-14,17H,15-16,18H2,1-4H3,(H,27,29). The number of rotatable bonds is 9. The minimum Gasteiger partial charge on any atom is -0.497 e. The van der Waals surface area contributed by atoms with Crippen molar-refractivity contribution in [2.75, 3.05) is 33.2 Å². The second-order valence-electron chi connectivity index (χ2n) is 7.45. The van der Waals surface area contributed by atoms with Crippen molar-refractivity contribution in [2.24, 2.45) is 0 Å². The molecule has 168 valence electrons. The Balaban J connectivity index is 1.77. The molecule has 1 N–H and O–H groups in total.